The Morgan fingerprint density at radius 1 is 0.643 bits per heavy atom. The first-order valence-corrected chi connectivity index (χ1v) is 15.1. The molecule has 1 aliphatic heterocycles. The SMILES string of the molecule is CC1(C)O[C@@H](C(S)(c2ccccc2)c2ccccc2)[C@H](C(NS(=O)(=O)C(F)(F)F)(c2ccccc2)c2ccccc2)O1. The van der Waals surface area contributed by atoms with Crippen molar-refractivity contribution in [1.29, 1.82) is 0 Å². The Balaban J connectivity index is 1.87. The second-order valence-corrected chi connectivity index (χ2v) is 12.9. The topological polar surface area (TPSA) is 64.6 Å². The Hall–Kier alpha value is -3.15. The number of alkyl halides is 3. The van der Waals surface area contributed by atoms with E-state index in [0.717, 1.165) is 0 Å². The van der Waals surface area contributed by atoms with Crippen LogP contribution in [0, 0.1) is 0 Å². The van der Waals surface area contributed by atoms with Crippen LogP contribution in [0.1, 0.15) is 36.1 Å². The first-order chi connectivity index (χ1) is 19.8. The normalized spacial score (nSPS) is 19.5. The van der Waals surface area contributed by atoms with Gasteiger partial charge in [-0.3, -0.25) is 0 Å². The van der Waals surface area contributed by atoms with Crippen LogP contribution in [0.15, 0.2) is 121 Å². The van der Waals surface area contributed by atoms with Crippen LogP contribution in [0.4, 0.5) is 13.2 Å². The van der Waals surface area contributed by atoms with Gasteiger partial charge in [0.1, 0.15) is 17.7 Å². The lowest BCUT2D eigenvalue weighted by Gasteiger charge is -2.45. The average molecular weight is 614 g/mol. The zero-order chi connectivity index (χ0) is 30.2. The summed E-state index contributed by atoms with van der Waals surface area (Å²) in [5.74, 6) is -1.34. The van der Waals surface area contributed by atoms with Crippen molar-refractivity contribution in [2.24, 2.45) is 0 Å². The molecule has 5 nitrogen and oxygen atoms in total. The molecule has 4 aromatic carbocycles. The molecule has 0 bridgehead atoms. The lowest BCUT2D eigenvalue weighted by atomic mass is 9.72. The van der Waals surface area contributed by atoms with Gasteiger partial charge in [0.15, 0.2) is 5.79 Å². The summed E-state index contributed by atoms with van der Waals surface area (Å²) in [6.45, 7) is 3.28. The number of hydrogen-bond donors (Lipinski definition) is 2. The standard InChI is InChI=1S/C32H30F3NO4S2/c1-29(2)39-27(28(40-29)31(41,25-19-11-5-12-20-25)26-21-13-6-14-22-26)30(23-15-7-3-8-16-23,24-17-9-4-10-18-24)36-42(37,38)32(33,34)35/h3-22,27-28,36,41H,1-2H3/t27-,28-/m1/s1. The maximum absolute atomic E-state index is 14.2. The van der Waals surface area contributed by atoms with Gasteiger partial charge in [0, 0.05) is 0 Å². The summed E-state index contributed by atoms with van der Waals surface area (Å²) in [6, 6.07) is 34.6. The zero-order valence-electron chi connectivity index (χ0n) is 22.8. The second kappa shape index (κ2) is 11.2. The molecule has 1 heterocycles. The van der Waals surface area contributed by atoms with E-state index in [0.29, 0.717) is 11.1 Å². The van der Waals surface area contributed by atoms with Crippen molar-refractivity contribution >= 4 is 22.7 Å². The number of halogens is 3. The molecule has 1 saturated heterocycles. The Kier molecular flexibility index (Phi) is 8.06. The Bertz CT molecular complexity index is 1520. The Labute approximate surface area is 249 Å². The zero-order valence-corrected chi connectivity index (χ0v) is 24.5. The first kappa shape index (κ1) is 30.3. The molecule has 5 rings (SSSR count). The van der Waals surface area contributed by atoms with Gasteiger partial charge in [0.05, 0.1) is 4.75 Å². The minimum atomic E-state index is -5.94. The molecule has 1 aliphatic rings. The number of hydrogen-bond acceptors (Lipinski definition) is 5. The third kappa shape index (κ3) is 5.38. The summed E-state index contributed by atoms with van der Waals surface area (Å²) in [5, 5.41) is 0. The molecule has 1 fully saturated rings. The van der Waals surface area contributed by atoms with Gasteiger partial charge >= 0.3 is 15.5 Å². The summed E-state index contributed by atoms with van der Waals surface area (Å²) < 4.78 is 82.5. The fourth-order valence-corrected chi connectivity index (χ4v) is 6.98. The Morgan fingerprint density at radius 2 is 0.976 bits per heavy atom. The summed E-state index contributed by atoms with van der Waals surface area (Å²) in [4.78, 5) is 0. The molecule has 2 atom stereocenters. The largest absolute Gasteiger partial charge is 0.511 e. The average Bonchev–Trinajstić information content (AvgIpc) is 3.32. The molecule has 42 heavy (non-hydrogen) atoms. The fraction of sp³-hybridized carbons (Fsp3) is 0.250. The van der Waals surface area contributed by atoms with Gasteiger partial charge in [-0.1, -0.05) is 121 Å². The predicted molar refractivity (Wildman–Crippen MR) is 158 cm³/mol. The molecule has 4 aromatic rings. The number of ether oxygens (including phenoxy) is 2. The van der Waals surface area contributed by atoms with Crippen LogP contribution < -0.4 is 4.72 Å². The number of rotatable bonds is 8. The van der Waals surface area contributed by atoms with Gasteiger partial charge < -0.3 is 9.47 Å². The third-order valence-electron chi connectivity index (χ3n) is 7.42. The van der Waals surface area contributed by atoms with E-state index in [4.69, 9.17) is 22.1 Å². The Morgan fingerprint density at radius 3 is 1.33 bits per heavy atom. The van der Waals surface area contributed by atoms with Crippen LogP contribution in [0.3, 0.4) is 0 Å². The van der Waals surface area contributed by atoms with Gasteiger partial charge in [-0.2, -0.15) is 30.5 Å². The van der Waals surface area contributed by atoms with E-state index < -0.39 is 43.8 Å². The highest BCUT2D eigenvalue weighted by atomic mass is 32.2. The van der Waals surface area contributed by atoms with Crippen molar-refractivity contribution in [3.63, 3.8) is 0 Å². The smallest absolute Gasteiger partial charge is 0.342 e. The fourth-order valence-electron chi connectivity index (χ4n) is 5.61. The van der Waals surface area contributed by atoms with E-state index in [1.54, 1.807) is 74.5 Å². The molecule has 0 aliphatic carbocycles. The molecule has 0 spiro atoms. The van der Waals surface area contributed by atoms with E-state index in [1.807, 2.05) is 60.7 Å². The molecule has 0 radical (unpaired) electrons. The van der Waals surface area contributed by atoms with Crippen LogP contribution in [0.5, 0.6) is 0 Å². The van der Waals surface area contributed by atoms with Crippen molar-refractivity contribution in [3.8, 4) is 0 Å². The summed E-state index contributed by atoms with van der Waals surface area (Å²) in [5.41, 5.74) is -5.88. The number of thiol groups is 1. The van der Waals surface area contributed by atoms with E-state index >= 15 is 0 Å². The minimum absolute atomic E-state index is 0.233. The van der Waals surface area contributed by atoms with Crippen molar-refractivity contribution < 1.29 is 31.1 Å². The molecule has 220 valence electrons. The van der Waals surface area contributed by atoms with E-state index in [9.17, 15) is 21.6 Å². The van der Waals surface area contributed by atoms with Gasteiger partial charge in [-0.15, -0.1) is 0 Å². The maximum Gasteiger partial charge on any atom is 0.511 e. The van der Waals surface area contributed by atoms with Crippen LogP contribution in [-0.4, -0.2) is 31.9 Å². The molecular weight excluding hydrogens is 583 g/mol. The highest BCUT2D eigenvalue weighted by Crippen LogP contribution is 2.53. The number of benzene rings is 4. The molecule has 0 amide bonds. The van der Waals surface area contributed by atoms with E-state index in [2.05, 4.69) is 4.72 Å². The van der Waals surface area contributed by atoms with Gasteiger partial charge in [-0.05, 0) is 36.1 Å². The van der Waals surface area contributed by atoms with Crippen molar-refractivity contribution in [2.75, 3.05) is 0 Å². The highest BCUT2D eigenvalue weighted by Gasteiger charge is 2.63. The van der Waals surface area contributed by atoms with Crippen molar-refractivity contribution in [2.45, 2.75) is 47.6 Å². The second-order valence-electron chi connectivity index (χ2n) is 10.6. The monoisotopic (exact) mass is 613 g/mol. The molecule has 0 unspecified atom stereocenters. The van der Waals surface area contributed by atoms with Gasteiger partial charge in [0.25, 0.3) is 0 Å². The van der Waals surface area contributed by atoms with Crippen molar-refractivity contribution in [3.05, 3.63) is 144 Å². The van der Waals surface area contributed by atoms with Gasteiger partial charge in [-0.25, -0.2) is 8.42 Å². The number of nitrogens with one attached hydrogen (secondary N) is 1. The predicted octanol–water partition coefficient (Wildman–Crippen LogP) is 6.76. The van der Waals surface area contributed by atoms with Crippen LogP contribution >= 0.6 is 12.6 Å². The minimum Gasteiger partial charge on any atom is -0.342 e. The van der Waals surface area contributed by atoms with E-state index in [1.165, 1.54) is 0 Å². The molecule has 0 saturated carbocycles. The maximum atomic E-state index is 14.2. The van der Waals surface area contributed by atoms with Gasteiger partial charge in [0.2, 0.25) is 0 Å². The lowest BCUT2D eigenvalue weighted by molar-refractivity contribution is -0.153. The van der Waals surface area contributed by atoms with Crippen LogP contribution in [0.2, 0.25) is 0 Å². The summed E-state index contributed by atoms with van der Waals surface area (Å²) >= 11 is 5.25. The third-order valence-corrected chi connectivity index (χ3v) is 9.39. The summed E-state index contributed by atoms with van der Waals surface area (Å²) in [6.07, 6.45) is -2.47. The van der Waals surface area contributed by atoms with Crippen molar-refractivity contribution in [1.82, 2.24) is 4.72 Å². The number of sulfonamides is 1. The quantitative estimate of drug-likeness (QED) is 0.216. The van der Waals surface area contributed by atoms with Crippen LogP contribution in [-0.2, 0) is 29.8 Å². The molecular formula is C32H30F3NO4S2. The highest BCUT2D eigenvalue weighted by molar-refractivity contribution is 7.90. The van der Waals surface area contributed by atoms with E-state index in [-0.39, 0.29) is 11.1 Å². The molecule has 0 aromatic heterocycles. The molecule has 10 heteroatoms. The summed E-state index contributed by atoms with van der Waals surface area (Å²) in [7, 11) is -5.94. The first-order valence-electron chi connectivity index (χ1n) is 13.2. The molecule has 1 N–H and O–H groups in total. The lowest BCUT2D eigenvalue weighted by Crippen LogP contribution is -2.62. The van der Waals surface area contributed by atoms with Crippen LogP contribution in [0.25, 0.3) is 0 Å².